The normalized spacial score (nSPS) is 20.0. The molecule has 0 aromatic carbocycles. The summed E-state index contributed by atoms with van der Waals surface area (Å²) >= 11 is 1.70. The minimum absolute atomic E-state index is 0.465. The number of piperazine rings is 1. The van der Waals surface area contributed by atoms with Crippen molar-refractivity contribution < 1.29 is 4.74 Å². The number of rotatable bonds is 4. The van der Waals surface area contributed by atoms with E-state index in [1.54, 1.807) is 18.4 Å². The van der Waals surface area contributed by atoms with Crippen molar-refractivity contribution in [3.8, 4) is 0 Å². The zero-order chi connectivity index (χ0) is 18.1. The predicted molar refractivity (Wildman–Crippen MR) is 105 cm³/mol. The Morgan fingerprint density at radius 1 is 1.38 bits per heavy atom. The number of anilines is 1. The highest BCUT2D eigenvalue weighted by atomic mass is 32.1. The van der Waals surface area contributed by atoms with Crippen molar-refractivity contribution in [2.75, 3.05) is 45.7 Å². The molecule has 1 atom stereocenters. The quantitative estimate of drug-likeness (QED) is 0.859. The highest BCUT2D eigenvalue weighted by molar-refractivity contribution is 7.16. The maximum Gasteiger partial charge on any atom is 0.124 e. The topological polar surface area (TPSA) is 53.5 Å². The van der Waals surface area contributed by atoms with E-state index < -0.39 is 0 Å². The van der Waals surface area contributed by atoms with Crippen LogP contribution in [0.1, 0.15) is 17.1 Å². The minimum atomic E-state index is 0.465. The summed E-state index contributed by atoms with van der Waals surface area (Å²) in [4.78, 5) is 14.5. The molecule has 2 aliphatic rings. The fraction of sp³-hybridized carbons (Fsp3) is 0.474. The number of thiazole rings is 1. The van der Waals surface area contributed by atoms with Gasteiger partial charge in [-0.3, -0.25) is 9.88 Å². The summed E-state index contributed by atoms with van der Waals surface area (Å²) in [7, 11) is 3.97. The van der Waals surface area contributed by atoms with E-state index in [1.807, 2.05) is 18.5 Å². The lowest BCUT2D eigenvalue weighted by molar-refractivity contribution is 0.0959. The van der Waals surface area contributed by atoms with Crippen LogP contribution in [0.15, 0.2) is 18.3 Å². The summed E-state index contributed by atoms with van der Waals surface area (Å²) in [5, 5.41) is 7.73. The van der Waals surface area contributed by atoms with E-state index in [4.69, 9.17) is 14.7 Å². The van der Waals surface area contributed by atoms with Crippen LogP contribution < -0.4 is 15.9 Å². The van der Waals surface area contributed by atoms with Gasteiger partial charge in [0.2, 0.25) is 0 Å². The summed E-state index contributed by atoms with van der Waals surface area (Å²) in [5.41, 5.74) is 2.17. The largest absolute Gasteiger partial charge is 0.385 e. The number of nitrogens with zero attached hydrogens (tertiary/aromatic N) is 4. The Morgan fingerprint density at radius 3 is 3.12 bits per heavy atom. The lowest BCUT2D eigenvalue weighted by Gasteiger charge is -2.41. The summed E-state index contributed by atoms with van der Waals surface area (Å²) in [6.07, 6.45) is 4.94. The first-order chi connectivity index (χ1) is 12.7. The van der Waals surface area contributed by atoms with E-state index in [0.29, 0.717) is 6.04 Å². The number of pyridine rings is 1. The van der Waals surface area contributed by atoms with Gasteiger partial charge in [0, 0.05) is 57.0 Å². The van der Waals surface area contributed by atoms with E-state index in [9.17, 15) is 0 Å². The molecule has 6 nitrogen and oxygen atoms in total. The van der Waals surface area contributed by atoms with Gasteiger partial charge in [0.05, 0.1) is 16.1 Å². The standard InChI is InChI=1S/C19H25N5OS/c1-13-22-17-18(24-9-8-23(2)15(12-24)6-10-25-3)16-14(5-4-7-20-16)11-21-19(17)26-13/h4-5,7,11,15,21H,6,8-10,12H2,1-3H3. The number of fused-ring (bicyclic) bond motifs is 2. The molecule has 1 fully saturated rings. The monoisotopic (exact) mass is 371 g/mol. The molecule has 0 aliphatic carbocycles. The van der Waals surface area contributed by atoms with Crippen LogP contribution >= 0.6 is 11.3 Å². The summed E-state index contributed by atoms with van der Waals surface area (Å²) in [5.74, 6) is 0. The van der Waals surface area contributed by atoms with E-state index in [-0.39, 0.29) is 0 Å². The van der Waals surface area contributed by atoms with Crippen molar-refractivity contribution in [3.05, 3.63) is 39.6 Å². The third-order valence-corrected chi connectivity index (χ3v) is 6.03. The van der Waals surface area contributed by atoms with Crippen molar-refractivity contribution in [1.29, 1.82) is 0 Å². The molecule has 2 aromatic rings. The molecule has 0 radical (unpaired) electrons. The Balaban J connectivity index is 1.81. The third kappa shape index (κ3) is 3.22. The molecule has 4 heterocycles. The molecule has 0 saturated carbocycles. The van der Waals surface area contributed by atoms with Crippen molar-refractivity contribution >= 4 is 28.2 Å². The molecule has 1 unspecified atom stereocenters. The molecule has 4 rings (SSSR count). The molecule has 2 aliphatic heterocycles. The molecule has 0 spiro atoms. The maximum absolute atomic E-state index is 5.32. The lowest BCUT2D eigenvalue weighted by atomic mass is 10.1. The number of methoxy groups -OCH3 is 1. The van der Waals surface area contributed by atoms with Gasteiger partial charge in [-0.05, 0) is 32.5 Å². The molecule has 0 bridgehead atoms. The highest BCUT2D eigenvalue weighted by Gasteiger charge is 2.29. The first kappa shape index (κ1) is 17.5. The number of hydrogen-bond acceptors (Lipinski definition) is 7. The molecule has 138 valence electrons. The first-order valence-corrected chi connectivity index (χ1v) is 9.83. The van der Waals surface area contributed by atoms with Crippen LogP contribution in [0.25, 0.3) is 11.9 Å². The molecular formula is C19H25N5OS. The molecule has 1 N–H and O–H groups in total. The second kappa shape index (κ2) is 7.34. The number of hydrogen-bond donors (Lipinski definition) is 1. The Morgan fingerprint density at radius 2 is 2.27 bits per heavy atom. The van der Waals surface area contributed by atoms with Crippen molar-refractivity contribution in [1.82, 2.24) is 19.8 Å². The van der Waals surface area contributed by atoms with Gasteiger partial charge >= 0.3 is 0 Å². The predicted octanol–water partition coefficient (Wildman–Crippen LogP) is 0.819. The van der Waals surface area contributed by atoms with Crippen LogP contribution in [0.4, 0.5) is 5.00 Å². The van der Waals surface area contributed by atoms with Crippen molar-refractivity contribution in [2.45, 2.75) is 19.4 Å². The maximum atomic E-state index is 5.32. The number of aromatic nitrogens is 2. The minimum Gasteiger partial charge on any atom is -0.385 e. The molecule has 0 amide bonds. The molecular weight excluding hydrogens is 346 g/mol. The average Bonchev–Trinajstić information content (AvgIpc) is 2.94. The molecule has 26 heavy (non-hydrogen) atoms. The Bertz CT molecular complexity index is 909. The van der Waals surface area contributed by atoms with E-state index in [2.05, 4.69) is 35.2 Å². The summed E-state index contributed by atoms with van der Waals surface area (Å²) in [6, 6.07) is 4.56. The van der Waals surface area contributed by atoms with Crippen molar-refractivity contribution in [3.63, 3.8) is 0 Å². The highest BCUT2D eigenvalue weighted by Crippen LogP contribution is 2.32. The van der Waals surface area contributed by atoms with Crippen LogP contribution in [0, 0.1) is 6.92 Å². The fourth-order valence-electron chi connectivity index (χ4n) is 3.69. The van der Waals surface area contributed by atoms with Gasteiger partial charge in [-0.25, -0.2) is 4.98 Å². The van der Waals surface area contributed by atoms with Gasteiger partial charge in [0.15, 0.2) is 0 Å². The number of aryl methyl sites for hydroxylation is 1. The van der Waals surface area contributed by atoms with Crippen LogP contribution in [0.3, 0.4) is 0 Å². The number of ether oxygens (including phenoxy) is 1. The molecule has 1 saturated heterocycles. The van der Waals surface area contributed by atoms with E-state index >= 15 is 0 Å². The Kier molecular flexibility index (Phi) is 4.93. The van der Waals surface area contributed by atoms with Gasteiger partial charge in [0.1, 0.15) is 10.7 Å². The second-order valence-electron chi connectivity index (χ2n) is 6.85. The second-order valence-corrected chi connectivity index (χ2v) is 8.05. The molecule has 2 aromatic heterocycles. The van der Waals surface area contributed by atoms with Gasteiger partial charge < -0.3 is 15.0 Å². The van der Waals surface area contributed by atoms with E-state index in [1.165, 1.54) is 0 Å². The Labute approximate surface area is 157 Å². The number of likely N-dealkylation sites (N-methyl/N-ethyl adjacent to an activating group) is 1. The SMILES string of the molecule is COCCC1CN(C2=c3ncccc3=CNc3sc(C)nc32)CCN1C. The van der Waals surface area contributed by atoms with Crippen LogP contribution in [-0.2, 0) is 4.74 Å². The van der Waals surface area contributed by atoms with Crippen LogP contribution in [-0.4, -0.2) is 66.2 Å². The summed E-state index contributed by atoms with van der Waals surface area (Å²) < 4.78 is 5.32. The lowest BCUT2D eigenvalue weighted by Crippen LogP contribution is -2.52. The van der Waals surface area contributed by atoms with Gasteiger partial charge in [-0.2, -0.15) is 0 Å². The van der Waals surface area contributed by atoms with Gasteiger partial charge in [-0.1, -0.05) is 0 Å². The average molecular weight is 372 g/mol. The smallest absolute Gasteiger partial charge is 0.124 e. The Hall–Kier alpha value is -1.96. The zero-order valence-corrected chi connectivity index (χ0v) is 16.3. The fourth-order valence-corrected chi connectivity index (χ4v) is 4.48. The third-order valence-electron chi connectivity index (χ3n) is 5.13. The molecule has 7 heteroatoms. The van der Waals surface area contributed by atoms with Gasteiger partial charge in [-0.15, -0.1) is 11.3 Å². The first-order valence-electron chi connectivity index (χ1n) is 9.01. The van der Waals surface area contributed by atoms with Crippen LogP contribution in [0.2, 0.25) is 0 Å². The zero-order valence-electron chi connectivity index (χ0n) is 15.5. The number of nitrogens with one attached hydrogen (secondary N) is 1. The van der Waals surface area contributed by atoms with Gasteiger partial charge in [0.25, 0.3) is 0 Å². The van der Waals surface area contributed by atoms with Crippen LogP contribution in [0.5, 0.6) is 0 Å². The van der Waals surface area contributed by atoms with Crippen molar-refractivity contribution in [2.24, 2.45) is 0 Å². The summed E-state index contributed by atoms with van der Waals surface area (Å²) in [6.45, 7) is 5.80. The van der Waals surface area contributed by atoms with E-state index in [0.717, 1.165) is 64.6 Å².